The molecule has 0 radical (unpaired) electrons. The van der Waals surface area contributed by atoms with Crippen LogP contribution in [0.15, 0.2) is 6.20 Å². The topological polar surface area (TPSA) is 72.9 Å². The lowest BCUT2D eigenvalue weighted by Gasteiger charge is -2.01. The molecule has 3 N–H and O–H groups in total. The molecular weight excluding hydrogens is 192 g/mol. The van der Waals surface area contributed by atoms with Gasteiger partial charge in [-0.25, -0.2) is 0 Å². The summed E-state index contributed by atoms with van der Waals surface area (Å²) in [6, 6.07) is 0. The first-order valence-electron chi connectivity index (χ1n) is 5.15. The van der Waals surface area contributed by atoms with Gasteiger partial charge in [-0.1, -0.05) is 6.92 Å². The largest absolute Gasteiger partial charge is 0.396 e. The molecule has 0 bridgehead atoms. The van der Waals surface area contributed by atoms with Crippen LogP contribution in [0.3, 0.4) is 0 Å². The number of aromatic nitrogens is 2. The summed E-state index contributed by atoms with van der Waals surface area (Å²) < 4.78 is 1.55. The van der Waals surface area contributed by atoms with Crippen molar-refractivity contribution in [2.75, 3.05) is 12.3 Å². The SMILES string of the molecule is CC1CC1CNC(=O)c1nn(C)cc1N. The van der Waals surface area contributed by atoms with E-state index in [0.29, 0.717) is 17.3 Å². The van der Waals surface area contributed by atoms with Crippen LogP contribution in [0.2, 0.25) is 0 Å². The van der Waals surface area contributed by atoms with Crippen LogP contribution < -0.4 is 11.1 Å². The van der Waals surface area contributed by atoms with E-state index in [1.165, 1.54) is 6.42 Å². The zero-order valence-corrected chi connectivity index (χ0v) is 9.03. The lowest BCUT2D eigenvalue weighted by molar-refractivity contribution is 0.0946. The molecule has 0 aromatic carbocycles. The number of anilines is 1. The lowest BCUT2D eigenvalue weighted by Crippen LogP contribution is -2.27. The Kier molecular flexibility index (Phi) is 2.38. The Labute approximate surface area is 88.6 Å². The van der Waals surface area contributed by atoms with Gasteiger partial charge in [0, 0.05) is 19.8 Å². The number of aryl methyl sites for hydroxylation is 1. The smallest absolute Gasteiger partial charge is 0.273 e. The summed E-state index contributed by atoms with van der Waals surface area (Å²) in [5, 5.41) is 6.86. The van der Waals surface area contributed by atoms with Gasteiger partial charge < -0.3 is 11.1 Å². The molecule has 0 spiro atoms. The predicted molar refractivity (Wildman–Crippen MR) is 57.2 cm³/mol. The monoisotopic (exact) mass is 208 g/mol. The van der Waals surface area contributed by atoms with Crippen molar-refractivity contribution >= 4 is 11.6 Å². The highest BCUT2D eigenvalue weighted by Crippen LogP contribution is 2.36. The molecule has 15 heavy (non-hydrogen) atoms. The number of nitrogens with two attached hydrogens (primary N) is 1. The van der Waals surface area contributed by atoms with Gasteiger partial charge in [0.25, 0.3) is 5.91 Å². The number of hydrogen-bond acceptors (Lipinski definition) is 3. The maximum atomic E-state index is 11.7. The highest BCUT2D eigenvalue weighted by atomic mass is 16.2. The standard InChI is InChI=1S/C10H16N4O/c1-6-3-7(6)4-12-10(15)9-8(11)5-14(2)13-9/h5-7H,3-4,11H2,1-2H3,(H,12,15). The Balaban J connectivity index is 1.92. The number of carbonyl (C=O) groups is 1. The van der Waals surface area contributed by atoms with Crippen molar-refractivity contribution in [1.29, 1.82) is 0 Å². The van der Waals surface area contributed by atoms with Gasteiger partial charge in [-0.3, -0.25) is 9.48 Å². The second-order valence-electron chi connectivity index (χ2n) is 4.29. The first kappa shape index (κ1) is 10.0. The van der Waals surface area contributed by atoms with Gasteiger partial charge in [0.05, 0.1) is 5.69 Å². The van der Waals surface area contributed by atoms with Crippen molar-refractivity contribution in [1.82, 2.24) is 15.1 Å². The van der Waals surface area contributed by atoms with Gasteiger partial charge in [-0.15, -0.1) is 0 Å². The fraction of sp³-hybridized carbons (Fsp3) is 0.600. The molecule has 1 aromatic heterocycles. The fourth-order valence-corrected chi connectivity index (χ4v) is 1.67. The number of nitrogens with zero attached hydrogens (tertiary/aromatic N) is 2. The van der Waals surface area contributed by atoms with Crippen LogP contribution in [-0.4, -0.2) is 22.2 Å². The first-order valence-corrected chi connectivity index (χ1v) is 5.15. The van der Waals surface area contributed by atoms with Crippen molar-refractivity contribution in [2.45, 2.75) is 13.3 Å². The number of nitrogens with one attached hydrogen (secondary N) is 1. The molecule has 1 fully saturated rings. The summed E-state index contributed by atoms with van der Waals surface area (Å²) in [6.07, 6.45) is 2.84. The maximum Gasteiger partial charge on any atom is 0.273 e. The molecule has 5 heteroatoms. The second-order valence-corrected chi connectivity index (χ2v) is 4.29. The fourth-order valence-electron chi connectivity index (χ4n) is 1.67. The van der Waals surface area contributed by atoms with E-state index in [1.54, 1.807) is 17.9 Å². The van der Waals surface area contributed by atoms with Crippen molar-refractivity contribution in [3.63, 3.8) is 0 Å². The van der Waals surface area contributed by atoms with Crippen LogP contribution in [0.25, 0.3) is 0 Å². The molecule has 2 unspecified atom stereocenters. The highest BCUT2D eigenvalue weighted by Gasteiger charge is 2.32. The van der Waals surface area contributed by atoms with Crippen LogP contribution >= 0.6 is 0 Å². The number of hydrogen-bond donors (Lipinski definition) is 2. The Morgan fingerprint density at radius 2 is 2.47 bits per heavy atom. The number of carbonyl (C=O) groups excluding carboxylic acids is 1. The molecule has 1 aromatic rings. The molecule has 2 rings (SSSR count). The minimum absolute atomic E-state index is 0.174. The van der Waals surface area contributed by atoms with E-state index in [-0.39, 0.29) is 5.91 Å². The van der Waals surface area contributed by atoms with Crippen LogP contribution in [0, 0.1) is 11.8 Å². The van der Waals surface area contributed by atoms with Crippen LogP contribution in [0.1, 0.15) is 23.8 Å². The third kappa shape index (κ3) is 2.11. The molecule has 1 heterocycles. The molecule has 2 atom stereocenters. The molecule has 1 saturated carbocycles. The molecule has 0 aliphatic heterocycles. The van der Waals surface area contributed by atoms with Crippen LogP contribution in [0.4, 0.5) is 5.69 Å². The predicted octanol–water partition coefficient (Wildman–Crippen LogP) is 0.388. The molecule has 1 amide bonds. The van der Waals surface area contributed by atoms with Gasteiger partial charge in [0.15, 0.2) is 5.69 Å². The Hall–Kier alpha value is -1.52. The zero-order valence-electron chi connectivity index (χ0n) is 9.03. The lowest BCUT2D eigenvalue weighted by atomic mass is 10.3. The van der Waals surface area contributed by atoms with Crippen molar-refractivity contribution in [3.05, 3.63) is 11.9 Å². The third-order valence-electron chi connectivity index (χ3n) is 2.87. The minimum Gasteiger partial charge on any atom is -0.396 e. The normalized spacial score (nSPS) is 23.9. The molecule has 1 aliphatic rings. The van der Waals surface area contributed by atoms with Gasteiger partial charge >= 0.3 is 0 Å². The molecule has 1 aliphatic carbocycles. The van der Waals surface area contributed by atoms with Gasteiger partial charge in [-0.2, -0.15) is 5.10 Å². The molecule has 5 nitrogen and oxygen atoms in total. The van der Waals surface area contributed by atoms with E-state index in [9.17, 15) is 4.79 Å². The van der Waals surface area contributed by atoms with E-state index in [4.69, 9.17) is 5.73 Å². The van der Waals surface area contributed by atoms with Gasteiger partial charge in [-0.05, 0) is 18.3 Å². The van der Waals surface area contributed by atoms with E-state index >= 15 is 0 Å². The van der Waals surface area contributed by atoms with Gasteiger partial charge in [0.2, 0.25) is 0 Å². The average Bonchev–Trinajstić information content (AvgIpc) is 2.76. The van der Waals surface area contributed by atoms with Crippen molar-refractivity contribution in [3.8, 4) is 0 Å². The van der Waals surface area contributed by atoms with Crippen molar-refractivity contribution in [2.24, 2.45) is 18.9 Å². The summed E-state index contributed by atoms with van der Waals surface area (Å²) >= 11 is 0. The van der Waals surface area contributed by atoms with E-state index < -0.39 is 0 Å². The quantitative estimate of drug-likeness (QED) is 0.754. The molecule has 82 valence electrons. The molecular formula is C10H16N4O. The van der Waals surface area contributed by atoms with Crippen LogP contribution in [0.5, 0.6) is 0 Å². The first-order chi connectivity index (χ1) is 7.08. The Morgan fingerprint density at radius 3 is 2.93 bits per heavy atom. The average molecular weight is 208 g/mol. The summed E-state index contributed by atoms with van der Waals surface area (Å²) in [6.45, 7) is 2.92. The summed E-state index contributed by atoms with van der Waals surface area (Å²) in [7, 11) is 1.75. The van der Waals surface area contributed by atoms with E-state index in [0.717, 1.165) is 12.5 Å². The highest BCUT2D eigenvalue weighted by molar-refractivity contribution is 5.96. The minimum atomic E-state index is -0.174. The zero-order chi connectivity index (χ0) is 11.0. The summed E-state index contributed by atoms with van der Waals surface area (Å²) in [5.41, 5.74) is 6.40. The Morgan fingerprint density at radius 1 is 1.80 bits per heavy atom. The Bertz CT molecular complexity index is 385. The second kappa shape index (κ2) is 3.56. The van der Waals surface area contributed by atoms with Gasteiger partial charge in [0.1, 0.15) is 0 Å². The van der Waals surface area contributed by atoms with E-state index in [1.807, 2.05) is 0 Å². The maximum absolute atomic E-state index is 11.7. The number of rotatable bonds is 3. The van der Waals surface area contributed by atoms with Crippen LogP contribution in [-0.2, 0) is 7.05 Å². The summed E-state index contributed by atoms with van der Waals surface area (Å²) in [5.74, 6) is 1.21. The van der Waals surface area contributed by atoms with Crippen molar-refractivity contribution < 1.29 is 4.79 Å². The number of amides is 1. The van der Waals surface area contributed by atoms with E-state index in [2.05, 4.69) is 17.3 Å². The third-order valence-corrected chi connectivity index (χ3v) is 2.87. The molecule has 0 saturated heterocycles. The summed E-state index contributed by atoms with van der Waals surface area (Å²) in [4.78, 5) is 11.7. The number of nitrogen functional groups attached to an aromatic ring is 1.